The topological polar surface area (TPSA) is 151 Å². The molecule has 5 rings (SSSR count). The van der Waals surface area contributed by atoms with Gasteiger partial charge in [-0.3, -0.25) is 9.59 Å². The molecule has 5 N–H and O–H groups in total. The lowest BCUT2D eigenvalue weighted by Gasteiger charge is -2.62. The summed E-state index contributed by atoms with van der Waals surface area (Å²) in [7, 11) is 0. The Morgan fingerprint density at radius 2 is 1.93 bits per heavy atom. The monoisotopic (exact) mass is 598 g/mol. The minimum Gasteiger partial charge on any atom is -0.456 e. The van der Waals surface area contributed by atoms with Crippen LogP contribution in [0.1, 0.15) is 66.2 Å². The van der Waals surface area contributed by atoms with Crippen molar-refractivity contribution in [1.82, 2.24) is 0 Å². The third-order valence-electron chi connectivity index (χ3n) is 10.9. The number of hydrogen-bond acceptors (Lipinski definition) is 9. The number of carbonyl (C=O) groups is 3. The number of carbonyl (C=O) groups excluding carboxylic acids is 3. The second kappa shape index (κ2) is 9.95. The zero-order valence-corrected chi connectivity index (χ0v) is 24.5. The molecule has 0 aromatic heterocycles. The van der Waals surface area contributed by atoms with Gasteiger partial charge in [-0.25, -0.2) is 18.0 Å². The molecule has 0 radical (unpaired) electrons. The molecule has 9 nitrogen and oxygen atoms in total. The molecule has 1 aliphatic heterocycles. The van der Waals surface area contributed by atoms with Gasteiger partial charge < -0.3 is 30.8 Å². The third kappa shape index (κ3) is 4.04. The Balaban J connectivity index is 1.48. The fraction of sp³-hybridized carbons (Fsp3) is 0.767. The number of nitrogens with two attached hydrogens (primary N) is 2. The van der Waals surface area contributed by atoms with Crippen LogP contribution in [-0.2, 0) is 28.6 Å². The quantitative estimate of drug-likeness (QED) is 0.358. The molecule has 0 bridgehead atoms. The molecule has 4 aliphatic carbocycles. The molecule has 3 saturated carbocycles. The van der Waals surface area contributed by atoms with Crippen molar-refractivity contribution in [2.24, 2.45) is 34.1 Å². The number of ether oxygens (including phenoxy) is 3. The van der Waals surface area contributed by atoms with Crippen LogP contribution in [0, 0.1) is 22.7 Å². The van der Waals surface area contributed by atoms with Crippen molar-refractivity contribution in [2.45, 2.75) is 107 Å². The van der Waals surface area contributed by atoms with Crippen molar-refractivity contribution < 1.29 is 46.9 Å². The van der Waals surface area contributed by atoms with E-state index in [1.807, 2.05) is 0 Å². The summed E-state index contributed by atoms with van der Waals surface area (Å²) in [6, 6.07) is 0. The lowest BCUT2D eigenvalue weighted by atomic mass is 9.44. The van der Waals surface area contributed by atoms with Gasteiger partial charge in [0.25, 0.3) is 6.43 Å². The van der Waals surface area contributed by atoms with Gasteiger partial charge >= 0.3 is 5.97 Å². The molecule has 9 atom stereocenters. The van der Waals surface area contributed by atoms with E-state index in [0.29, 0.717) is 18.4 Å². The third-order valence-corrected chi connectivity index (χ3v) is 10.9. The molecular formula is C30H41F3N2O7. The highest BCUT2D eigenvalue weighted by Gasteiger charge is 2.80. The fourth-order valence-corrected chi connectivity index (χ4v) is 8.88. The van der Waals surface area contributed by atoms with Gasteiger partial charge in [0.1, 0.15) is 0 Å². The van der Waals surface area contributed by atoms with Gasteiger partial charge in [0, 0.05) is 16.7 Å². The van der Waals surface area contributed by atoms with Gasteiger partial charge in [0.2, 0.25) is 5.78 Å². The van der Waals surface area contributed by atoms with Gasteiger partial charge in [-0.1, -0.05) is 18.6 Å². The fourth-order valence-electron chi connectivity index (χ4n) is 8.88. The average molecular weight is 599 g/mol. The molecule has 5 aliphatic rings. The Bertz CT molecular complexity index is 1240. The standard InChI is InChI=1S/C30H41F3N2O7/c1-25(2)41-22-13-19-18-7-6-16-12-17(36)8-10-26(16,3)29(18,33)20(37)14-27(19,4)30(22,42-25)21(38)15-40-24(39)28(35,23(31)32)9-5-11-34/h8,10,12,18-20,22-23,37H,5-7,9,11,13-15,34-35H2,1-4H3. The number of allylic oxidation sites excluding steroid dienone is 4. The molecule has 1 saturated heterocycles. The van der Waals surface area contributed by atoms with Crippen LogP contribution in [-0.4, -0.2) is 77.0 Å². The van der Waals surface area contributed by atoms with Crippen LogP contribution >= 0.6 is 0 Å². The van der Waals surface area contributed by atoms with Crippen LogP contribution in [0.5, 0.6) is 0 Å². The summed E-state index contributed by atoms with van der Waals surface area (Å²) < 4.78 is 62.8. The Kier molecular flexibility index (Phi) is 7.42. The summed E-state index contributed by atoms with van der Waals surface area (Å²) in [6.07, 6.45) is -0.916. The normalized spacial score (nSPS) is 43.1. The first-order valence-electron chi connectivity index (χ1n) is 14.6. The van der Waals surface area contributed by atoms with Gasteiger partial charge in [-0.2, -0.15) is 0 Å². The summed E-state index contributed by atoms with van der Waals surface area (Å²) in [5, 5.41) is 11.6. The first-order chi connectivity index (χ1) is 19.4. The van der Waals surface area contributed by atoms with Crippen LogP contribution in [0.2, 0.25) is 0 Å². The van der Waals surface area contributed by atoms with Gasteiger partial charge in [0.05, 0.1) is 12.2 Å². The van der Waals surface area contributed by atoms with Crippen LogP contribution < -0.4 is 11.5 Å². The van der Waals surface area contributed by atoms with Crippen molar-refractivity contribution in [3.8, 4) is 0 Å². The predicted molar refractivity (Wildman–Crippen MR) is 144 cm³/mol. The van der Waals surface area contributed by atoms with Crippen molar-refractivity contribution in [1.29, 1.82) is 0 Å². The zero-order chi connectivity index (χ0) is 31.1. The molecule has 0 aromatic carbocycles. The first-order valence-corrected chi connectivity index (χ1v) is 14.6. The maximum absolute atomic E-state index is 17.5. The summed E-state index contributed by atoms with van der Waals surface area (Å²) in [6.45, 7) is 5.82. The van der Waals surface area contributed by atoms with Gasteiger partial charge in [0.15, 0.2) is 35.0 Å². The summed E-state index contributed by atoms with van der Waals surface area (Å²) >= 11 is 0. The van der Waals surface area contributed by atoms with E-state index in [2.05, 4.69) is 0 Å². The molecule has 12 heteroatoms. The van der Waals surface area contributed by atoms with E-state index in [1.165, 1.54) is 12.2 Å². The number of ketones is 2. The number of fused-ring (bicyclic) bond motifs is 7. The lowest BCUT2D eigenvalue weighted by Crippen LogP contribution is -2.70. The molecule has 0 amide bonds. The smallest absolute Gasteiger partial charge is 0.332 e. The van der Waals surface area contributed by atoms with E-state index in [1.54, 1.807) is 33.8 Å². The number of Topliss-reactive ketones (excluding diaryl/α,β-unsaturated/α-hetero) is 1. The number of hydrogen-bond donors (Lipinski definition) is 3. The van der Waals surface area contributed by atoms with Crippen LogP contribution in [0.4, 0.5) is 13.2 Å². The zero-order valence-electron chi connectivity index (χ0n) is 24.5. The van der Waals surface area contributed by atoms with Crippen molar-refractivity contribution >= 4 is 17.5 Å². The number of alkyl halides is 3. The highest BCUT2D eigenvalue weighted by atomic mass is 19.3. The SMILES string of the molecule is CC1(C)OC2CC3C4CCC5=CC(=O)C=CC5(C)C4(F)C(O)CC3(C)C2(C(=O)COC(=O)C(N)(CCCN)C(F)F)O1. The van der Waals surface area contributed by atoms with Crippen LogP contribution in [0.25, 0.3) is 0 Å². The van der Waals surface area contributed by atoms with E-state index in [4.69, 9.17) is 25.7 Å². The minimum absolute atomic E-state index is 0.0324. The highest BCUT2D eigenvalue weighted by Crippen LogP contribution is 2.72. The second-order valence-corrected chi connectivity index (χ2v) is 13.6. The van der Waals surface area contributed by atoms with E-state index < -0.39 is 88.7 Å². The maximum Gasteiger partial charge on any atom is 0.332 e. The number of halogens is 3. The highest BCUT2D eigenvalue weighted by molar-refractivity contribution is 6.01. The molecule has 0 spiro atoms. The first kappa shape index (κ1) is 31.3. The molecule has 1 heterocycles. The molecule has 4 fully saturated rings. The van der Waals surface area contributed by atoms with E-state index in [0.717, 1.165) is 0 Å². The number of aliphatic hydroxyl groups excluding tert-OH is 1. The Hall–Kier alpha value is -2.12. The number of rotatable bonds is 8. The van der Waals surface area contributed by atoms with Gasteiger partial charge in [-0.05, 0) is 83.9 Å². The molecule has 9 unspecified atom stereocenters. The number of esters is 1. The van der Waals surface area contributed by atoms with Crippen LogP contribution in [0.15, 0.2) is 23.8 Å². The second-order valence-electron chi connectivity index (χ2n) is 13.6. The predicted octanol–water partition coefficient (Wildman–Crippen LogP) is 2.67. The molecule has 42 heavy (non-hydrogen) atoms. The summed E-state index contributed by atoms with van der Waals surface area (Å²) in [5.41, 5.74) is 2.84. The average Bonchev–Trinajstić information content (AvgIpc) is 3.32. The summed E-state index contributed by atoms with van der Waals surface area (Å²) in [4.78, 5) is 39.0. The van der Waals surface area contributed by atoms with Crippen molar-refractivity contribution in [2.75, 3.05) is 13.2 Å². The van der Waals surface area contributed by atoms with Gasteiger partial charge in [-0.15, -0.1) is 0 Å². The lowest BCUT2D eigenvalue weighted by molar-refractivity contribution is -0.246. The number of aliphatic hydroxyl groups is 1. The molecule has 0 aromatic rings. The molecular weight excluding hydrogens is 557 g/mol. The van der Waals surface area contributed by atoms with E-state index in [-0.39, 0.29) is 31.6 Å². The largest absolute Gasteiger partial charge is 0.456 e. The summed E-state index contributed by atoms with van der Waals surface area (Å²) in [5.74, 6) is -4.84. The minimum atomic E-state index is -3.25. The Morgan fingerprint density at radius 3 is 2.57 bits per heavy atom. The molecule has 234 valence electrons. The Morgan fingerprint density at radius 1 is 1.24 bits per heavy atom. The maximum atomic E-state index is 17.5. The van der Waals surface area contributed by atoms with Crippen LogP contribution in [0.3, 0.4) is 0 Å². The van der Waals surface area contributed by atoms with E-state index in [9.17, 15) is 28.3 Å². The van der Waals surface area contributed by atoms with Crippen molar-refractivity contribution in [3.63, 3.8) is 0 Å². The van der Waals surface area contributed by atoms with E-state index >= 15 is 4.39 Å². The van der Waals surface area contributed by atoms with Crippen molar-refractivity contribution in [3.05, 3.63) is 23.8 Å². The Labute approximate surface area is 243 Å².